The molecule has 34 heavy (non-hydrogen) atoms. The van der Waals surface area contributed by atoms with E-state index in [0.29, 0.717) is 49.9 Å². The first-order valence-corrected chi connectivity index (χ1v) is 12.7. The van der Waals surface area contributed by atoms with Crippen LogP contribution in [0.2, 0.25) is 0 Å². The fourth-order valence-corrected chi connectivity index (χ4v) is 5.98. The summed E-state index contributed by atoms with van der Waals surface area (Å²) in [6.07, 6.45) is 2.06. The van der Waals surface area contributed by atoms with Gasteiger partial charge in [0.2, 0.25) is 5.91 Å². The summed E-state index contributed by atoms with van der Waals surface area (Å²) < 4.78 is 15.7. The molecule has 5 rings (SSSR count). The Labute approximate surface area is 203 Å². The zero-order valence-electron chi connectivity index (χ0n) is 19.4. The van der Waals surface area contributed by atoms with Crippen LogP contribution in [0.1, 0.15) is 41.0 Å². The number of carbonyl (C=O) groups excluding carboxylic acids is 2. The summed E-state index contributed by atoms with van der Waals surface area (Å²) in [6.45, 7) is 6.07. The zero-order chi connectivity index (χ0) is 23.7. The predicted molar refractivity (Wildman–Crippen MR) is 133 cm³/mol. The zero-order valence-corrected chi connectivity index (χ0v) is 20.2. The molecular weight excluding hydrogens is 451 g/mol. The molecule has 0 aliphatic carbocycles. The van der Waals surface area contributed by atoms with E-state index in [1.54, 1.807) is 23.5 Å². The van der Waals surface area contributed by atoms with Gasteiger partial charge in [-0.05, 0) is 50.1 Å². The first-order chi connectivity index (χ1) is 16.5. The number of likely N-dealkylation sites (tertiary alicyclic amines) is 1. The summed E-state index contributed by atoms with van der Waals surface area (Å²) >= 11 is 1.74. The second-order valence-corrected chi connectivity index (χ2v) is 10.2. The number of halogens is 1. The molecule has 2 aliphatic heterocycles. The second-order valence-electron chi connectivity index (χ2n) is 9.18. The van der Waals surface area contributed by atoms with Crippen molar-refractivity contribution < 1.29 is 14.0 Å². The normalized spacial score (nSPS) is 19.5. The summed E-state index contributed by atoms with van der Waals surface area (Å²) in [5.41, 5.74) is 1.94. The number of fused-ring (bicyclic) bond motifs is 1. The number of para-hydroxylation sites is 1. The Balaban J connectivity index is 1.16. The SMILES string of the molecule is CC(=O)c1ccc(N2CCN(CC(=O)N3CCC[C@@H](c4nc5ccccc5s4)C3)CC2)c(F)c1. The number of carbonyl (C=O) groups is 2. The molecule has 2 aliphatic rings. The molecule has 8 heteroatoms. The molecule has 178 valence electrons. The molecule has 1 atom stereocenters. The molecule has 3 aromatic rings. The van der Waals surface area contributed by atoms with Crippen molar-refractivity contribution in [1.29, 1.82) is 0 Å². The molecule has 1 aromatic heterocycles. The van der Waals surface area contributed by atoms with Crippen LogP contribution in [-0.2, 0) is 4.79 Å². The Bertz CT molecular complexity index is 1170. The summed E-state index contributed by atoms with van der Waals surface area (Å²) in [5.74, 6) is -0.0487. The number of nitrogens with zero attached hydrogens (tertiary/aromatic N) is 4. The maximum Gasteiger partial charge on any atom is 0.236 e. The van der Waals surface area contributed by atoms with Crippen molar-refractivity contribution in [2.24, 2.45) is 0 Å². The van der Waals surface area contributed by atoms with E-state index in [-0.39, 0.29) is 17.5 Å². The maximum absolute atomic E-state index is 14.5. The molecule has 0 unspecified atom stereocenters. The van der Waals surface area contributed by atoms with Crippen LogP contribution in [0.4, 0.5) is 10.1 Å². The van der Waals surface area contributed by atoms with E-state index in [0.717, 1.165) is 36.5 Å². The van der Waals surface area contributed by atoms with Crippen molar-refractivity contribution in [3.05, 3.63) is 58.9 Å². The fraction of sp³-hybridized carbons (Fsp3) is 0.423. The number of piperidine rings is 1. The number of hydrogen-bond donors (Lipinski definition) is 0. The maximum atomic E-state index is 14.5. The minimum atomic E-state index is -0.369. The van der Waals surface area contributed by atoms with Gasteiger partial charge in [0, 0.05) is 50.7 Å². The van der Waals surface area contributed by atoms with Crippen molar-refractivity contribution in [3.8, 4) is 0 Å². The third-order valence-electron chi connectivity index (χ3n) is 6.86. The first-order valence-electron chi connectivity index (χ1n) is 11.9. The van der Waals surface area contributed by atoms with Crippen LogP contribution in [0.25, 0.3) is 10.2 Å². The second kappa shape index (κ2) is 9.80. The van der Waals surface area contributed by atoms with Crippen LogP contribution >= 0.6 is 11.3 Å². The van der Waals surface area contributed by atoms with E-state index < -0.39 is 0 Å². The Hall–Kier alpha value is -2.84. The van der Waals surface area contributed by atoms with Crippen molar-refractivity contribution in [2.75, 3.05) is 50.7 Å². The Kier molecular flexibility index (Phi) is 6.61. The van der Waals surface area contributed by atoms with E-state index in [2.05, 4.69) is 11.0 Å². The molecule has 0 bridgehead atoms. The fourth-order valence-electron chi connectivity index (χ4n) is 4.89. The van der Waals surface area contributed by atoms with Gasteiger partial charge < -0.3 is 9.80 Å². The summed E-state index contributed by atoms with van der Waals surface area (Å²) in [4.78, 5) is 35.5. The van der Waals surface area contributed by atoms with Crippen LogP contribution in [0, 0.1) is 5.82 Å². The summed E-state index contributed by atoms with van der Waals surface area (Å²) in [7, 11) is 0. The molecule has 2 aromatic carbocycles. The molecule has 0 saturated carbocycles. The predicted octanol–water partition coefficient (Wildman–Crippen LogP) is 4.17. The van der Waals surface area contributed by atoms with Gasteiger partial charge in [-0.15, -0.1) is 11.3 Å². The lowest BCUT2D eigenvalue weighted by Gasteiger charge is -2.38. The van der Waals surface area contributed by atoms with Crippen LogP contribution in [0.15, 0.2) is 42.5 Å². The van der Waals surface area contributed by atoms with E-state index >= 15 is 0 Å². The Morgan fingerprint density at radius 2 is 1.88 bits per heavy atom. The van der Waals surface area contributed by atoms with Crippen molar-refractivity contribution >= 4 is 38.9 Å². The number of anilines is 1. The number of thiazole rings is 1. The highest BCUT2D eigenvalue weighted by atomic mass is 32.1. The molecule has 3 heterocycles. The Morgan fingerprint density at radius 1 is 1.09 bits per heavy atom. The molecule has 0 radical (unpaired) electrons. The molecular formula is C26H29FN4O2S. The largest absolute Gasteiger partial charge is 0.367 e. The van der Waals surface area contributed by atoms with Crippen molar-refractivity contribution in [3.63, 3.8) is 0 Å². The molecule has 1 amide bonds. The average molecular weight is 481 g/mol. The van der Waals surface area contributed by atoms with Crippen LogP contribution in [-0.4, -0.2) is 72.3 Å². The highest BCUT2D eigenvalue weighted by Crippen LogP contribution is 2.33. The molecule has 2 saturated heterocycles. The lowest BCUT2D eigenvalue weighted by molar-refractivity contribution is -0.133. The number of piperazine rings is 1. The molecule has 2 fully saturated rings. The van der Waals surface area contributed by atoms with Gasteiger partial charge in [0.1, 0.15) is 5.82 Å². The topological polar surface area (TPSA) is 56.8 Å². The Morgan fingerprint density at radius 3 is 2.62 bits per heavy atom. The van der Waals surface area contributed by atoms with E-state index in [1.807, 2.05) is 28.0 Å². The van der Waals surface area contributed by atoms with Gasteiger partial charge in [0.25, 0.3) is 0 Å². The smallest absolute Gasteiger partial charge is 0.236 e. The number of ketones is 1. The van der Waals surface area contributed by atoms with Crippen LogP contribution in [0.3, 0.4) is 0 Å². The molecule has 0 N–H and O–H groups in total. The van der Waals surface area contributed by atoms with Crippen molar-refractivity contribution in [1.82, 2.24) is 14.8 Å². The van der Waals surface area contributed by atoms with E-state index in [4.69, 9.17) is 4.98 Å². The summed E-state index contributed by atoms with van der Waals surface area (Å²) in [6, 6.07) is 12.9. The summed E-state index contributed by atoms with van der Waals surface area (Å²) in [5, 5.41) is 1.13. The number of benzene rings is 2. The lowest BCUT2D eigenvalue weighted by atomic mass is 9.98. The minimum Gasteiger partial charge on any atom is -0.367 e. The van der Waals surface area contributed by atoms with Gasteiger partial charge in [0.15, 0.2) is 5.78 Å². The quantitative estimate of drug-likeness (QED) is 0.513. The first kappa shape index (κ1) is 22.9. The van der Waals surface area contributed by atoms with Crippen LogP contribution in [0.5, 0.6) is 0 Å². The third kappa shape index (κ3) is 4.83. The minimum absolute atomic E-state index is 0.142. The number of hydrogen-bond acceptors (Lipinski definition) is 6. The van der Waals surface area contributed by atoms with E-state index in [1.165, 1.54) is 17.7 Å². The van der Waals surface area contributed by atoms with E-state index in [9.17, 15) is 14.0 Å². The molecule has 6 nitrogen and oxygen atoms in total. The highest BCUT2D eigenvalue weighted by molar-refractivity contribution is 7.18. The van der Waals surface area contributed by atoms with Gasteiger partial charge in [-0.1, -0.05) is 12.1 Å². The lowest BCUT2D eigenvalue weighted by Crippen LogP contribution is -2.51. The van der Waals surface area contributed by atoms with Gasteiger partial charge in [-0.2, -0.15) is 0 Å². The number of aromatic nitrogens is 1. The number of Topliss-reactive ketones (excluding diaryl/α,β-unsaturated/α-hetero) is 1. The molecule has 0 spiro atoms. The third-order valence-corrected chi connectivity index (χ3v) is 8.06. The van der Waals surface area contributed by atoms with Gasteiger partial charge >= 0.3 is 0 Å². The highest BCUT2D eigenvalue weighted by Gasteiger charge is 2.29. The van der Waals surface area contributed by atoms with Gasteiger partial charge in [0.05, 0.1) is 27.5 Å². The average Bonchev–Trinajstić information content (AvgIpc) is 3.29. The van der Waals surface area contributed by atoms with Gasteiger partial charge in [-0.3, -0.25) is 14.5 Å². The monoisotopic (exact) mass is 480 g/mol. The van der Waals surface area contributed by atoms with Gasteiger partial charge in [-0.25, -0.2) is 9.37 Å². The number of amides is 1. The van der Waals surface area contributed by atoms with Crippen molar-refractivity contribution in [2.45, 2.75) is 25.7 Å². The standard InChI is InChI=1S/C26H29FN4O2S/c1-18(32)19-8-9-23(21(27)15-19)30-13-11-29(12-14-30)17-25(33)31-10-4-5-20(16-31)26-28-22-6-2-3-7-24(22)34-26/h2-3,6-9,15,20H,4-5,10-14,16-17H2,1H3/t20-/m1/s1. The van der Waals surface area contributed by atoms with Crippen LogP contribution < -0.4 is 4.90 Å². The number of rotatable bonds is 5.